The number of benzene rings is 3. The number of ether oxygens (including phenoxy) is 1. The first-order valence-corrected chi connectivity index (χ1v) is 10.8. The minimum Gasteiger partial charge on any atom is -0.488 e. The normalized spacial score (nSPS) is 15.1. The highest BCUT2D eigenvalue weighted by molar-refractivity contribution is 7.80. The third-order valence-electron chi connectivity index (χ3n) is 4.78. The quantitative estimate of drug-likeness (QED) is 0.283. The second-order valence-electron chi connectivity index (χ2n) is 6.99. The van der Waals surface area contributed by atoms with Gasteiger partial charge >= 0.3 is 0 Å². The zero-order chi connectivity index (χ0) is 23.5. The van der Waals surface area contributed by atoms with Crippen molar-refractivity contribution in [2.75, 3.05) is 4.90 Å². The average Bonchev–Trinajstić information content (AvgIpc) is 2.78. The molecule has 1 N–H and O–H groups in total. The number of carbonyl (C=O) groups excluding carboxylic acids is 2. The summed E-state index contributed by atoms with van der Waals surface area (Å²) in [7, 11) is 0. The van der Waals surface area contributed by atoms with E-state index in [0.717, 1.165) is 4.90 Å². The molecule has 2 amide bonds. The summed E-state index contributed by atoms with van der Waals surface area (Å²) < 4.78 is 19.3. The van der Waals surface area contributed by atoms with E-state index in [1.165, 1.54) is 18.2 Å². The zero-order valence-corrected chi connectivity index (χ0v) is 19.2. The molecular weight excluding hydrogens is 486 g/mol. The summed E-state index contributed by atoms with van der Waals surface area (Å²) in [5.74, 6) is -1.27. The summed E-state index contributed by atoms with van der Waals surface area (Å²) in [6, 6.07) is 17.7. The summed E-state index contributed by atoms with van der Waals surface area (Å²) in [6.07, 6.45) is 1.41. The van der Waals surface area contributed by atoms with Crippen LogP contribution in [0.5, 0.6) is 5.75 Å². The lowest BCUT2D eigenvalue weighted by molar-refractivity contribution is -0.122. The van der Waals surface area contributed by atoms with E-state index in [4.69, 9.17) is 40.2 Å². The highest BCUT2D eigenvalue weighted by Crippen LogP contribution is 2.34. The number of hydrogen-bond donors (Lipinski definition) is 1. The van der Waals surface area contributed by atoms with Gasteiger partial charge in [0, 0.05) is 5.56 Å². The van der Waals surface area contributed by atoms with Crippen LogP contribution in [0, 0.1) is 5.82 Å². The second-order valence-corrected chi connectivity index (χ2v) is 8.16. The Morgan fingerprint density at radius 2 is 1.79 bits per heavy atom. The molecule has 0 saturated carbocycles. The van der Waals surface area contributed by atoms with E-state index in [0.29, 0.717) is 16.9 Å². The smallest absolute Gasteiger partial charge is 0.270 e. The van der Waals surface area contributed by atoms with Crippen molar-refractivity contribution in [3.8, 4) is 5.75 Å². The number of para-hydroxylation sites is 1. The van der Waals surface area contributed by atoms with Crippen LogP contribution < -0.4 is 15.0 Å². The highest BCUT2D eigenvalue weighted by Gasteiger charge is 2.35. The van der Waals surface area contributed by atoms with E-state index < -0.39 is 11.8 Å². The van der Waals surface area contributed by atoms with Crippen molar-refractivity contribution < 1.29 is 18.7 Å². The number of carbonyl (C=O) groups is 2. The van der Waals surface area contributed by atoms with Crippen molar-refractivity contribution in [1.82, 2.24) is 5.32 Å². The molecule has 0 aromatic heterocycles. The lowest BCUT2D eigenvalue weighted by Crippen LogP contribution is -2.54. The molecule has 0 aliphatic carbocycles. The monoisotopic (exact) mass is 500 g/mol. The van der Waals surface area contributed by atoms with Gasteiger partial charge in [-0.2, -0.15) is 0 Å². The Hall–Kier alpha value is -3.26. The zero-order valence-electron chi connectivity index (χ0n) is 16.8. The fraction of sp³-hybridized carbons (Fsp3) is 0.0417. The Labute approximate surface area is 204 Å². The first-order valence-electron chi connectivity index (χ1n) is 9.67. The number of nitrogens with one attached hydrogen (secondary N) is 1. The Morgan fingerprint density at radius 1 is 1.03 bits per heavy atom. The molecule has 166 valence electrons. The number of halogens is 3. The number of thiocarbonyl (C=S) groups is 1. The van der Waals surface area contributed by atoms with Gasteiger partial charge in [-0.05, 0) is 54.2 Å². The molecule has 1 heterocycles. The van der Waals surface area contributed by atoms with Crippen molar-refractivity contribution in [3.63, 3.8) is 0 Å². The van der Waals surface area contributed by atoms with Crippen molar-refractivity contribution in [2.24, 2.45) is 0 Å². The topological polar surface area (TPSA) is 58.6 Å². The molecule has 5 nitrogen and oxygen atoms in total. The van der Waals surface area contributed by atoms with Gasteiger partial charge in [-0.15, -0.1) is 0 Å². The molecule has 4 rings (SSSR count). The molecule has 1 aliphatic rings. The fourth-order valence-corrected chi connectivity index (χ4v) is 3.87. The first-order chi connectivity index (χ1) is 15.8. The number of anilines is 1. The standard InChI is InChI=1S/C24H15Cl2FN2O3S/c25-18-8-4-9-19(21(18)26)29-23(31)17(22(30)28-24(29)33)12-15-6-1-2-10-20(15)32-13-14-5-3-7-16(27)11-14/h1-12H,13H2,(H,28,30,33)/b17-12+. The van der Waals surface area contributed by atoms with Gasteiger partial charge in [-0.25, -0.2) is 4.39 Å². The van der Waals surface area contributed by atoms with Crippen LogP contribution in [-0.2, 0) is 16.2 Å². The molecule has 0 bridgehead atoms. The molecule has 1 saturated heterocycles. The molecule has 0 spiro atoms. The summed E-state index contributed by atoms with van der Waals surface area (Å²) in [4.78, 5) is 27.0. The third kappa shape index (κ3) is 4.90. The maximum absolute atomic E-state index is 13.4. The van der Waals surface area contributed by atoms with Crippen LogP contribution in [0.3, 0.4) is 0 Å². The number of amides is 2. The first kappa shape index (κ1) is 22.9. The summed E-state index contributed by atoms with van der Waals surface area (Å²) in [5, 5.41) is 2.76. The van der Waals surface area contributed by atoms with Gasteiger partial charge in [0.15, 0.2) is 5.11 Å². The van der Waals surface area contributed by atoms with Crippen LogP contribution in [0.15, 0.2) is 72.3 Å². The van der Waals surface area contributed by atoms with Gasteiger partial charge in [0.05, 0.1) is 15.7 Å². The highest BCUT2D eigenvalue weighted by atomic mass is 35.5. The Balaban J connectivity index is 1.67. The molecule has 1 fully saturated rings. The van der Waals surface area contributed by atoms with E-state index in [1.807, 2.05) is 0 Å². The van der Waals surface area contributed by atoms with Crippen LogP contribution in [0.4, 0.5) is 10.1 Å². The molecule has 0 unspecified atom stereocenters. The van der Waals surface area contributed by atoms with Crippen LogP contribution >= 0.6 is 35.4 Å². The number of hydrogen-bond acceptors (Lipinski definition) is 4. The minimum absolute atomic E-state index is 0.104. The molecule has 0 atom stereocenters. The molecule has 1 aliphatic heterocycles. The SMILES string of the molecule is O=C1NC(=S)N(c2cccc(Cl)c2Cl)C(=O)/C1=C/c1ccccc1OCc1cccc(F)c1. The maximum Gasteiger partial charge on any atom is 0.270 e. The van der Waals surface area contributed by atoms with Crippen LogP contribution in [0.2, 0.25) is 10.0 Å². The summed E-state index contributed by atoms with van der Waals surface area (Å²) in [6.45, 7) is 0.104. The molecule has 3 aromatic rings. The van der Waals surface area contributed by atoms with Crippen molar-refractivity contribution in [2.45, 2.75) is 6.61 Å². The lowest BCUT2D eigenvalue weighted by atomic mass is 10.1. The Morgan fingerprint density at radius 3 is 2.58 bits per heavy atom. The van der Waals surface area contributed by atoms with Crippen LogP contribution in [0.25, 0.3) is 6.08 Å². The Bertz CT molecular complexity index is 1310. The van der Waals surface area contributed by atoms with E-state index in [9.17, 15) is 14.0 Å². The molecule has 33 heavy (non-hydrogen) atoms. The molecule has 3 aromatic carbocycles. The van der Waals surface area contributed by atoms with Crippen molar-refractivity contribution in [1.29, 1.82) is 0 Å². The van der Waals surface area contributed by atoms with Crippen LogP contribution in [0.1, 0.15) is 11.1 Å². The fourth-order valence-electron chi connectivity index (χ4n) is 3.22. The van der Waals surface area contributed by atoms with Crippen molar-refractivity contribution in [3.05, 3.63) is 99.3 Å². The van der Waals surface area contributed by atoms with Gasteiger partial charge < -0.3 is 4.74 Å². The molecular formula is C24H15Cl2FN2O3S. The minimum atomic E-state index is -0.659. The average molecular weight is 501 g/mol. The van der Waals surface area contributed by atoms with Gasteiger partial charge in [-0.1, -0.05) is 59.6 Å². The van der Waals surface area contributed by atoms with Gasteiger partial charge in [0.2, 0.25) is 0 Å². The molecule has 0 radical (unpaired) electrons. The van der Waals surface area contributed by atoms with E-state index in [2.05, 4.69) is 5.32 Å². The van der Waals surface area contributed by atoms with E-state index in [1.54, 1.807) is 54.6 Å². The van der Waals surface area contributed by atoms with Gasteiger partial charge in [-0.3, -0.25) is 19.8 Å². The maximum atomic E-state index is 13.4. The second kappa shape index (κ2) is 9.70. The summed E-state index contributed by atoms with van der Waals surface area (Å²) >= 11 is 17.6. The van der Waals surface area contributed by atoms with Gasteiger partial charge in [0.25, 0.3) is 11.8 Å². The Kier molecular flexibility index (Phi) is 6.74. The predicted octanol–water partition coefficient (Wildman–Crippen LogP) is 5.54. The largest absolute Gasteiger partial charge is 0.488 e. The van der Waals surface area contributed by atoms with Crippen LogP contribution in [-0.4, -0.2) is 16.9 Å². The third-order valence-corrected chi connectivity index (χ3v) is 5.87. The summed E-state index contributed by atoms with van der Waals surface area (Å²) in [5.41, 5.74) is 1.20. The van der Waals surface area contributed by atoms with E-state index >= 15 is 0 Å². The number of rotatable bonds is 5. The lowest BCUT2D eigenvalue weighted by Gasteiger charge is -2.29. The van der Waals surface area contributed by atoms with Crippen molar-refractivity contribution >= 4 is 64.1 Å². The number of nitrogens with zero attached hydrogens (tertiary/aromatic N) is 1. The molecule has 9 heteroatoms. The van der Waals surface area contributed by atoms with E-state index in [-0.39, 0.29) is 38.8 Å². The van der Waals surface area contributed by atoms with Gasteiger partial charge in [0.1, 0.15) is 23.7 Å². The predicted molar refractivity (Wildman–Crippen MR) is 130 cm³/mol.